The predicted octanol–water partition coefficient (Wildman–Crippen LogP) is 0.323. The lowest BCUT2D eigenvalue weighted by Crippen LogP contribution is -2.51. The SMILES string of the molecule is CNc1c(CN2CCOCC2C(N)=O)cccc1[N+](=O)[O-]. The second-order valence-electron chi connectivity index (χ2n) is 4.78. The van der Waals surface area contributed by atoms with Gasteiger partial charge in [0.1, 0.15) is 11.7 Å². The van der Waals surface area contributed by atoms with Crippen LogP contribution in [0.2, 0.25) is 0 Å². The van der Waals surface area contributed by atoms with Crippen molar-refractivity contribution in [2.24, 2.45) is 5.73 Å². The van der Waals surface area contributed by atoms with Crippen molar-refractivity contribution in [1.82, 2.24) is 4.90 Å². The van der Waals surface area contributed by atoms with Crippen LogP contribution in [0.3, 0.4) is 0 Å². The van der Waals surface area contributed by atoms with Crippen molar-refractivity contribution in [2.45, 2.75) is 12.6 Å². The molecule has 1 atom stereocenters. The lowest BCUT2D eigenvalue weighted by molar-refractivity contribution is -0.384. The summed E-state index contributed by atoms with van der Waals surface area (Å²) in [6, 6.07) is 4.36. The first-order valence-electron chi connectivity index (χ1n) is 6.59. The molecule has 1 aromatic carbocycles. The van der Waals surface area contributed by atoms with Gasteiger partial charge in [-0.3, -0.25) is 19.8 Å². The van der Waals surface area contributed by atoms with Crippen molar-refractivity contribution >= 4 is 17.3 Å². The lowest BCUT2D eigenvalue weighted by atomic mass is 10.1. The van der Waals surface area contributed by atoms with Crippen LogP contribution in [-0.4, -0.2) is 48.6 Å². The van der Waals surface area contributed by atoms with Gasteiger partial charge in [-0.25, -0.2) is 0 Å². The molecule has 0 bridgehead atoms. The van der Waals surface area contributed by atoms with Gasteiger partial charge in [0.25, 0.3) is 5.69 Å². The van der Waals surface area contributed by atoms with Gasteiger partial charge in [-0.2, -0.15) is 0 Å². The van der Waals surface area contributed by atoms with E-state index in [0.29, 0.717) is 25.4 Å². The number of nitrogens with two attached hydrogens (primary N) is 1. The van der Waals surface area contributed by atoms with E-state index in [0.717, 1.165) is 5.56 Å². The number of nitrogens with zero attached hydrogens (tertiary/aromatic N) is 2. The van der Waals surface area contributed by atoms with E-state index in [2.05, 4.69) is 5.32 Å². The van der Waals surface area contributed by atoms with Gasteiger partial charge in [0.15, 0.2) is 0 Å². The lowest BCUT2D eigenvalue weighted by Gasteiger charge is -2.33. The van der Waals surface area contributed by atoms with Crippen LogP contribution in [0.25, 0.3) is 0 Å². The van der Waals surface area contributed by atoms with Crippen LogP contribution < -0.4 is 11.1 Å². The molecular formula is C13H18N4O4. The molecule has 2 rings (SSSR count). The van der Waals surface area contributed by atoms with Crippen molar-refractivity contribution in [3.05, 3.63) is 33.9 Å². The van der Waals surface area contributed by atoms with E-state index in [4.69, 9.17) is 10.5 Å². The third-order valence-electron chi connectivity index (χ3n) is 3.52. The average molecular weight is 294 g/mol. The Hall–Kier alpha value is -2.19. The number of nitrogens with one attached hydrogen (secondary N) is 1. The Morgan fingerprint density at radius 3 is 3.00 bits per heavy atom. The van der Waals surface area contributed by atoms with Crippen molar-refractivity contribution in [3.8, 4) is 0 Å². The highest BCUT2D eigenvalue weighted by Gasteiger charge is 2.29. The van der Waals surface area contributed by atoms with Gasteiger partial charge in [-0.15, -0.1) is 0 Å². The summed E-state index contributed by atoms with van der Waals surface area (Å²) in [6.07, 6.45) is 0. The van der Waals surface area contributed by atoms with Crippen LogP contribution in [0.1, 0.15) is 5.56 Å². The van der Waals surface area contributed by atoms with Gasteiger partial charge in [-0.1, -0.05) is 12.1 Å². The average Bonchev–Trinajstić information content (AvgIpc) is 2.47. The minimum Gasteiger partial charge on any atom is -0.382 e. The summed E-state index contributed by atoms with van der Waals surface area (Å²) in [5.41, 5.74) is 6.59. The summed E-state index contributed by atoms with van der Waals surface area (Å²) in [4.78, 5) is 24.0. The molecular weight excluding hydrogens is 276 g/mol. The Balaban J connectivity index is 2.27. The highest BCUT2D eigenvalue weighted by atomic mass is 16.6. The minimum absolute atomic E-state index is 0.0129. The summed E-state index contributed by atoms with van der Waals surface area (Å²) in [5.74, 6) is -0.453. The molecule has 1 heterocycles. The largest absolute Gasteiger partial charge is 0.382 e. The van der Waals surface area contributed by atoms with E-state index in [1.807, 2.05) is 4.90 Å². The van der Waals surface area contributed by atoms with Gasteiger partial charge < -0.3 is 15.8 Å². The quantitative estimate of drug-likeness (QED) is 0.598. The smallest absolute Gasteiger partial charge is 0.292 e. The van der Waals surface area contributed by atoms with E-state index in [1.54, 1.807) is 19.2 Å². The summed E-state index contributed by atoms with van der Waals surface area (Å²) in [7, 11) is 1.64. The molecule has 1 unspecified atom stereocenters. The first kappa shape index (κ1) is 15.2. The molecule has 1 aromatic rings. The van der Waals surface area contributed by atoms with Crippen LogP contribution in [0.15, 0.2) is 18.2 Å². The zero-order valence-electron chi connectivity index (χ0n) is 11.7. The molecule has 1 saturated heterocycles. The Kier molecular flexibility index (Phi) is 4.71. The number of amides is 1. The molecule has 21 heavy (non-hydrogen) atoms. The van der Waals surface area contributed by atoms with Crippen molar-refractivity contribution in [3.63, 3.8) is 0 Å². The molecule has 1 amide bonds. The number of ether oxygens (including phenoxy) is 1. The van der Waals surface area contributed by atoms with Crippen LogP contribution in [0, 0.1) is 10.1 Å². The molecule has 114 valence electrons. The van der Waals surface area contributed by atoms with Gasteiger partial charge in [0, 0.05) is 26.2 Å². The third kappa shape index (κ3) is 3.29. The van der Waals surface area contributed by atoms with Crippen LogP contribution in [0.5, 0.6) is 0 Å². The number of carbonyl (C=O) groups is 1. The zero-order chi connectivity index (χ0) is 15.4. The number of primary amides is 1. The number of hydrogen-bond donors (Lipinski definition) is 2. The number of nitro benzene ring substituents is 1. The molecule has 1 aliphatic rings. The maximum Gasteiger partial charge on any atom is 0.292 e. The topological polar surface area (TPSA) is 111 Å². The first-order chi connectivity index (χ1) is 10.0. The van der Waals surface area contributed by atoms with E-state index in [-0.39, 0.29) is 12.3 Å². The summed E-state index contributed by atoms with van der Waals surface area (Å²) in [6.45, 7) is 1.71. The fourth-order valence-corrected chi connectivity index (χ4v) is 2.47. The molecule has 0 aliphatic carbocycles. The number of nitro groups is 1. The summed E-state index contributed by atoms with van der Waals surface area (Å²) < 4.78 is 5.26. The summed E-state index contributed by atoms with van der Waals surface area (Å²) >= 11 is 0. The zero-order valence-corrected chi connectivity index (χ0v) is 11.7. The van der Waals surface area contributed by atoms with Gasteiger partial charge in [0.2, 0.25) is 5.91 Å². The normalized spacial score (nSPS) is 19.2. The van der Waals surface area contributed by atoms with Crippen LogP contribution in [-0.2, 0) is 16.1 Å². The van der Waals surface area contributed by atoms with E-state index < -0.39 is 16.9 Å². The minimum atomic E-state index is -0.511. The number of rotatable bonds is 5. The molecule has 0 spiro atoms. The fraction of sp³-hybridized carbons (Fsp3) is 0.462. The maximum atomic E-state index is 11.5. The van der Waals surface area contributed by atoms with Crippen molar-refractivity contribution < 1.29 is 14.5 Å². The fourth-order valence-electron chi connectivity index (χ4n) is 2.47. The number of hydrogen-bond acceptors (Lipinski definition) is 6. The molecule has 1 aliphatic heterocycles. The molecule has 3 N–H and O–H groups in total. The maximum absolute atomic E-state index is 11.5. The standard InChI is InChI=1S/C13H18N4O4/c1-15-12-9(3-2-4-10(12)17(19)20)7-16-5-6-21-8-11(16)13(14)18/h2-4,11,15H,5-8H2,1H3,(H2,14,18). The first-order valence-corrected chi connectivity index (χ1v) is 6.59. The van der Waals surface area contributed by atoms with Crippen LogP contribution in [0.4, 0.5) is 11.4 Å². The Morgan fingerprint density at radius 2 is 2.38 bits per heavy atom. The molecule has 8 heteroatoms. The van der Waals surface area contributed by atoms with Gasteiger partial charge in [-0.05, 0) is 5.56 Å². The Bertz CT molecular complexity index is 549. The van der Waals surface area contributed by atoms with Crippen molar-refractivity contribution in [1.29, 1.82) is 0 Å². The third-order valence-corrected chi connectivity index (χ3v) is 3.52. The van der Waals surface area contributed by atoms with E-state index in [1.165, 1.54) is 6.07 Å². The van der Waals surface area contributed by atoms with Gasteiger partial charge in [0.05, 0.1) is 18.1 Å². The number of carbonyl (C=O) groups excluding carboxylic acids is 1. The number of anilines is 1. The van der Waals surface area contributed by atoms with Crippen LogP contribution >= 0.6 is 0 Å². The summed E-state index contributed by atoms with van der Waals surface area (Å²) in [5, 5.41) is 13.9. The number of morpholine rings is 1. The second-order valence-corrected chi connectivity index (χ2v) is 4.78. The molecule has 0 saturated carbocycles. The highest BCUT2D eigenvalue weighted by molar-refractivity contribution is 5.80. The Labute approximate surface area is 122 Å². The molecule has 0 aromatic heterocycles. The monoisotopic (exact) mass is 294 g/mol. The van der Waals surface area contributed by atoms with E-state index in [9.17, 15) is 14.9 Å². The molecule has 1 fully saturated rings. The molecule has 8 nitrogen and oxygen atoms in total. The Morgan fingerprint density at radius 1 is 1.62 bits per heavy atom. The number of para-hydroxylation sites is 1. The second kappa shape index (κ2) is 6.51. The molecule has 0 radical (unpaired) electrons. The van der Waals surface area contributed by atoms with Crippen molar-refractivity contribution in [2.75, 3.05) is 32.1 Å². The highest BCUT2D eigenvalue weighted by Crippen LogP contribution is 2.29. The number of benzene rings is 1. The predicted molar refractivity (Wildman–Crippen MR) is 76.9 cm³/mol. The van der Waals surface area contributed by atoms with Gasteiger partial charge >= 0.3 is 0 Å². The van der Waals surface area contributed by atoms with E-state index >= 15 is 0 Å².